The third-order valence-corrected chi connectivity index (χ3v) is 4.66. The van der Waals surface area contributed by atoms with Crippen LogP contribution in [0.1, 0.15) is 34.4 Å². The van der Waals surface area contributed by atoms with Crippen LogP contribution in [0.5, 0.6) is 0 Å². The number of nitrogens with zero attached hydrogens (tertiary/aromatic N) is 5. The van der Waals surface area contributed by atoms with Crippen molar-refractivity contribution in [2.75, 3.05) is 7.05 Å². The van der Waals surface area contributed by atoms with Crippen molar-refractivity contribution < 1.29 is 4.42 Å². The van der Waals surface area contributed by atoms with Gasteiger partial charge in [0.1, 0.15) is 0 Å². The zero-order valence-corrected chi connectivity index (χ0v) is 14.5. The fraction of sp³-hybridized carbons (Fsp3) is 0.375. The summed E-state index contributed by atoms with van der Waals surface area (Å²) in [5, 5.41) is 9.32. The Labute approximate surface area is 139 Å². The number of aryl methyl sites for hydroxylation is 2. The third-order valence-electron chi connectivity index (χ3n) is 3.76. The topological polar surface area (TPSA) is 67.9 Å². The monoisotopic (exact) mass is 329 g/mol. The molecule has 1 atom stereocenters. The molecular weight excluding hydrogens is 310 g/mol. The van der Waals surface area contributed by atoms with Crippen LogP contribution in [0, 0.1) is 13.8 Å². The van der Waals surface area contributed by atoms with Crippen LogP contribution < -0.4 is 0 Å². The Morgan fingerprint density at radius 3 is 2.78 bits per heavy atom. The molecule has 3 aromatic heterocycles. The fourth-order valence-corrected chi connectivity index (χ4v) is 3.32. The van der Waals surface area contributed by atoms with Gasteiger partial charge in [0.25, 0.3) is 0 Å². The van der Waals surface area contributed by atoms with Gasteiger partial charge in [0.05, 0.1) is 28.9 Å². The Balaban J connectivity index is 1.72. The van der Waals surface area contributed by atoms with Gasteiger partial charge in [0.15, 0.2) is 0 Å². The third kappa shape index (κ3) is 3.46. The van der Waals surface area contributed by atoms with E-state index in [4.69, 9.17) is 4.42 Å². The maximum Gasteiger partial charge on any atom is 0.249 e. The molecule has 0 N–H and O–H groups in total. The minimum atomic E-state index is 0.189. The molecule has 3 rings (SSSR count). The van der Waals surface area contributed by atoms with E-state index in [1.807, 2.05) is 26.1 Å². The van der Waals surface area contributed by atoms with Crippen LogP contribution in [0.3, 0.4) is 0 Å². The van der Waals surface area contributed by atoms with Crippen molar-refractivity contribution in [2.24, 2.45) is 0 Å². The molecule has 7 heteroatoms. The molecule has 0 saturated carbocycles. The van der Waals surface area contributed by atoms with Crippen LogP contribution >= 0.6 is 11.3 Å². The average molecular weight is 329 g/mol. The maximum atomic E-state index is 5.74. The Hall–Kier alpha value is -2.12. The highest BCUT2D eigenvalue weighted by Gasteiger charge is 2.20. The molecule has 0 spiro atoms. The highest BCUT2D eigenvalue weighted by molar-refractivity contribution is 7.11. The maximum absolute atomic E-state index is 5.74. The van der Waals surface area contributed by atoms with Crippen LogP contribution in [0.15, 0.2) is 28.9 Å². The van der Waals surface area contributed by atoms with Gasteiger partial charge in [-0.05, 0) is 40.0 Å². The number of rotatable bonds is 5. The highest BCUT2D eigenvalue weighted by atomic mass is 32.1. The van der Waals surface area contributed by atoms with Gasteiger partial charge in [-0.15, -0.1) is 21.5 Å². The first kappa shape index (κ1) is 15.8. The van der Waals surface area contributed by atoms with E-state index in [0.29, 0.717) is 18.3 Å². The quantitative estimate of drug-likeness (QED) is 0.714. The molecule has 0 bridgehead atoms. The molecule has 23 heavy (non-hydrogen) atoms. The minimum absolute atomic E-state index is 0.189. The van der Waals surface area contributed by atoms with Crippen molar-refractivity contribution in [3.63, 3.8) is 0 Å². The Morgan fingerprint density at radius 2 is 2.13 bits per heavy atom. The van der Waals surface area contributed by atoms with Gasteiger partial charge in [-0.1, -0.05) is 0 Å². The summed E-state index contributed by atoms with van der Waals surface area (Å²) in [5.74, 6) is 1.08. The molecule has 0 saturated heterocycles. The summed E-state index contributed by atoms with van der Waals surface area (Å²) in [7, 11) is 2.03. The lowest BCUT2D eigenvalue weighted by molar-refractivity contribution is 0.225. The number of thiazole rings is 1. The van der Waals surface area contributed by atoms with Crippen molar-refractivity contribution in [2.45, 2.75) is 33.4 Å². The lowest BCUT2D eigenvalue weighted by Gasteiger charge is -2.22. The van der Waals surface area contributed by atoms with Gasteiger partial charge in [0.2, 0.25) is 11.8 Å². The number of pyridine rings is 1. The van der Waals surface area contributed by atoms with Gasteiger partial charge in [-0.25, -0.2) is 4.98 Å². The zero-order valence-electron chi connectivity index (χ0n) is 13.6. The van der Waals surface area contributed by atoms with E-state index in [0.717, 1.165) is 16.3 Å². The molecule has 120 valence electrons. The first-order chi connectivity index (χ1) is 11.0. The summed E-state index contributed by atoms with van der Waals surface area (Å²) in [5.41, 5.74) is 1.94. The predicted molar refractivity (Wildman–Crippen MR) is 89.0 cm³/mol. The Bertz CT molecular complexity index is 783. The van der Waals surface area contributed by atoms with E-state index in [9.17, 15) is 0 Å². The molecule has 3 heterocycles. The molecular formula is C16H19N5OS. The van der Waals surface area contributed by atoms with Crippen LogP contribution in [0.25, 0.3) is 11.5 Å². The van der Waals surface area contributed by atoms with E-state index >= 15 is 0 Å². The van der Waals surface area contributed by atoms with Crippen molar-refractivity contribution in [3.05, 3.63) is 46.0 Å². The van der Waals surface area contributed by atoms with Gasteiger partial charge < -0.3 is 4.42 Å². The van der Waals surface area contributed by atoms with E-state index in [1.165, 1.54) is 4.88 Å². The first-order valence-corrected chi connectivity index (χ1v) is 8.23. The summed E-state index contributed by atoms with van der Waals surface area (Å²) < 4.78 is 5.74. The lowest BCUT2D eigenvalue weighted by atomic mass is 10.2. The second kappa shape index (κ2) is 6.55. The molecule has 0 radical (unpaired) electrons. The number of aromatic nitrogens is 4. The van der Waals surface area contributed by atoms with Gasteiger partial charge in [-0.2, -0.15) is 0 Å². The smallest absolute Gasteiger partial charge is 0.249 e. The van der Waals surface area contributed by atoms with Crippen molar-refractivity contribution in [3.8, 4) is 11.5 Å². The van der Waals surface area contributed by atoms with Gasteiger partial charge in [-0.3, -0.25) is 9.88 Å². The predicted octanol–water partition coefficient (Wildman–Crippen LogP) is 3.40. The molecule has 0 fully saturated rings. The fourth-order valence-electron chi connectivity index (χ4n) is 2.42. The highest BCUT2D eigenvalue weighted by Crippen LogP contribution is 2.27. The molecule has 6 nitrogen and oxygen atoms in total. The SMILES string of the molecule is Cc1nc(C(C)N(C)Cc2nnc(-c3cccnc3)o2)c(C)s1. The van der Waals surface area contributed by atoms with Crippen molar-refractivity contribution >= 4 is 11.3 Å². The summed E-state index contributed by atoms with van der Waals surface area (Å²) in [6.07, 6.45) is 3.43. The van der Waals surface area contributed by atoms with E-state index in [-0.39, 0.29) is 6.04 Å². The standard InChI is InChI=1S/C16H19N5OS/c1-10(15-11(2)23-12(3)18-15)21(4)9-14-19-20-16(22-14)13-6-5-7-17-8-13/h5-8,10H,9H2,1-4H3. The van der Waals surface area contributed by atoms with E-state index < -0.39 is 0 Å². The minimum Gasteiger partial charge on any atom is -0.419 e. The van der Waals surface area contributed by atoms with Gasteiger partial charge in [0, 0.05) is 17.3 Å². The Morgan fingerprint density at radius 1 is 1.30 bits per heavy atom. The molecule has 1 unspecified atom stereocenters. The first-order valence-electron chi connectivity index (χ1n) is 7.41. The summed E-state index contributed by atoms with van der Waals surface area (Å²) >= 11 is 1.73. The second-order valence-electron chi connectivity index (χ2n) is 5.51. The second-order valence-corrected chi connectivity index (χ2v) is 6.92. The molecule has 0 aliphatic heterocycles. The molecule has 0 aromatic carbocycles. The summed E-state index contributed by atoms with van der Waals surface area (Å²) in [6, 6.07) is 3.94. The lowest BCUT2D eigenvalue weighted by Crippen LogP contribution is -2.23. The zero-order chi connectivity index (χ0) is 16.4. The van der Waals surface area contributed by atoms with Crippen molar-refractivity contribution in [1.29, 1.82) is 0 Å². The van der Waals surface area contributed by atoms with Crippen LogP contribution in [0.4, 0.5) is 0 Å². The van der Waals surface area contributed by atoms with Crippen LogP contribution in [-0.2, 0) is 6.54 Å². The Kier molecular flexibility index (Phi) is 4.49. The molecule has 0 amide bonds. The largest absolute Gasteiger partial charge is 0.419 e. The molecule has 0 aliphatic carbocycles. The van der Waals surface area contributed by atoms with Crippen LogP contribution in [-0.4, -0.2) is 32.1 Å². The average Bonchev–Trinajstić information content (AvgIpc) is 3.13. The van der Waals surface area contributed by atoms with Crippen molar-refractivity contribution in [1.82, 2.24) is 25.1 Å². The number of hydrogen-bond donors (Lipinski definition) is 0. The number of hydrogen-bond acceptors (Lipinski definition) is 7. The molecule has 3 aromatic rings. The summed E-state index contributed by atoms with van der Waals surface area (Å²) in [4.78, 5) is 12.1. The van der Waals surface area contributed by atoms with Crippen LogP contribution in [0.2, 0.25) is 0 Å². The van der Waals surface area contributed by atoms with Gasteiger partial charge >= 0.3 is 0 Å². The summed E-state index contributed by atoms with van der Waals surface area (Å²) in [6.45, 7) is 6.86. The van der Waals surface area contributed by atoms with E-state index in [1.54, 1.807) is 23.7 Å². The van der Waals surface area contributed by atoms with E-state index in [2.05, 4.69) is 38.9 Å². The molecule has 0 aliphatic rings. The normalized spacial score (nSPS) is 12.7.